The van der Waals surface area contributed by atoms with Gasteiger partial charge in [0.05, 0.1) is 5.92 Å². The predicted molar refractivity (Wildman–Crippen MR) is 98.0 cm³/mol. The lowest BCUT2D eigenvalue weighted by Crippen LogP contribution is -2.32. The highest BCUT2D eigenvalue weighted by Gasteiger charge is 2.34. The van der Waals surface area contributed by atoms with Crippen molar-refractivity contribution in [3.8, 4) is 0 Å². The molecule has 1 N–H and O–H groups in total. The molecule has 1 heterocycles. The third-order valence-corrected chi connectivity index (χ3v) is 4.82. The Morgan fingerprint density at radius 1 is 1.24 bits per heavy atom. The molecule has 2 amide bonds. The first-order valence-electron chi connectivity index (χ1n) is 8.37. The number of hydrogen-bond acceptors (Lipinski definition) is 2. The van der Waals surface area contributed by atoms with E-state index in [9.17, 15) is 9.59 Å². The van der Waals surface area contributed by atoms with Crippen molar-refractivity contribution in [2.45, 2.75) is 26.4 Å². The molecule has 1 aliphatic rings. The summed E-state index contributed by atoms with van der Waals surface area (Å²) in [7, 11) is 0. The molecule has 0 spiro atoms. The molecule has 0 bridgehead atoms. The lowest BCUT2D eigenvalue weighted by molar-refractivity contribution is -0.129. The number of halogens is 1. The maximum Gasteiger partial charge on any atom is 0.225 e. The molecule has 3 rings (SSSR count). The lowest BCUT2D eigenvalue weighted by atomic mass is 10.1. The van der Waals surface area contributed by atoms with Crippen LogP contribution in [0.1, 0.15) is 23.1 Å². The molecule has 1 fully saturated rings. The summed E-state index contributed by atoms with van der Waals surface area (Å²) in [4.78, 5) is 26.3. The molecular formula is C20H21ClN2O2. The summed E-state index contributed by atoms with van der Waals surface area (Å²) in [6.07, 6.45) is 0.264. The molecule has 1 atom stereocenters. The second kappa shape index (κ2) is 7.70. The zero-order valence-corrected chi connectivity index (χ0v) is 14.9. The molecule has 0 aromatic heterocycles. The van der Waals surface area contributed by atoms with Gasteiger partial charge in [0, 0.05) is 31.1 Å². The van der Waals surface area contributed by atoms with E-state index in [0.29, 0.717) is 24.7 Å². The topological polar surface area (TPSA) is 49.4 Å². The Morgan fingerprint density at radius 3 is 2.72 bits per heavy atom. The first-order valence-corrected chi connectivity index (χ1v) is 8.75. The molecule has 1 saturated heterocycles. The van der Waals surface area contributed by atoms with E-state index in [2.05, 4.69) is 5.32 Å². The molecule has 5 heteroatoms. The lowest BCUT2D eigenvalue weighted by Gasteiger charge is -2.16. The van der Waals surface area contributed by atoms with Gasteiger partial charge in [-0.3, -0.25) is 9.59 Å². The Bertz CT molecular complexity index is 777. The van der Waals surface area contributed by atoms with E-state index >= 15 is 0 Å². The second-order valence-electron chi connectivity index (χ2n) is 6.47. The minimum Gasteiger partial charge on any atom is -0.352 e. The Labute approximate surface area is 152 Å². The van der Waals surface area contributed by atoms with Gasteiger partial charge in [-0.15, -0.1) is 0 Å². The highest BCUT2D eigenvalue weighted by atomic mass is 35.5. The summed E-state index contributed by atoms with van der Waals surface area (Å²) in [6, 6.07) is 15.6. The summed E-state index contributed by atoms with van der Waals surface area (Å²) >= 11 is 6.20. The summed E-state index contributed by atoms with van der Waals surface area (Å²) in [5.74, 6) is -0.377. The zero-order valence-electron chi connectivity index (χ0n) is 14.2. The molecule has 1 unspecified atom stereocenters. The SMILES string of the molecule is Cc1ccc(CNC(=O)C2CC(=O)N(Cc3ccccc3)C2)c(Cl)c1. The van der Waals surface area contributed by atoms with Crippen LogP contribution in [0, 0.1) is 12.8 Å². The Hall–Kier alpha value is -2.33. The molecule has 0 saturated carbocycles. The van der Waals surface area contributed by atoms with Crippen molar-refractivity contribution in [2.75, 3.05) is 6.54 Å². The molecule has 4 nitrogen and oxygen atoms in total. The van der Waals surface area contributed by atoms with Crippen LogP contribution in [0.25, 0.3) is 0 Å². The summed E-state index contributed by atoms with van der Waals surface area (Å²) in [5.41, 5.74) is 3.03. The summed E-state index contributed by atoms with van der Waals surface area (Å²) in [5, 5.41) is 3.55. The van der Waals surface area contributed by atoms with Gasteiger partial charge in [-0.25, -0.2) is 0 Å². The number of rotatable bonds is 5. The van der Waals surface area contributed by atoms with Gasteiger partial charge in [0.2, 0.25) is 11.8 Å². The van der Waals surface area contributed by atoms with Crippen LogP contribution >= 0.6 is 11.6 Å². The molecule has 1 aliphatic heterocycles. The third kappa shape index (κ3) is 4.40. The average Bonchev–Trinajstić information content (AvgIpc) is 2.95. The number of nitrogens with one attached hydrogen (secondary N) is 1. The highest BCUT2D eigenvalue weighted by Crippen LogP contribution is 2.21. The summed E-state index contributed by atoms with van der Waals surface area (Å²) in [6.45, 7) is 3.36. The van der Waals surface area contributed by atoms with Crippen molar-refractivity contribution in [1.82, 2.24) is 10.2 Å². The number of likely N-dealkylation sites (tertiary alicyclic amines) is 1. The number of carbonyl (C=O) groups is 2. The van der Waals surface area contributed by atoms with Crippen molar-refractivity contribution in [1.29, 1.82) is 0 Å². The van der Waals surface area contributed by atoms with Crippen molar-refractivity contribution in [3.63, 3.8) is 0 Å². The fourth-order valence-corrected chi connectivity index (χ4v) is 3.33. The van der Waals surface area contributed by atoms with Crippen molar-refractivity contribution in [2.24, 2.45) is 5.92 Å². The highest BCUT2D eigenvalue weighted by molar-refractivity contribution is 6.31. The normalized spacial score (nSPS) is 17.0. The number of amides is 2. The van der Waals surface area contributed by atoms with E-state index < -0.39 is 0 Å². The fourth-order valence-electron chi connectivity index (χ4n) is 3.03. The smallest absolute Gasteiger partial charge is 0.225 e. The number of carbonyl (C=O) groups excluding carboxylic acids is 2. The molecule has 0 aliphatic carbocycles. The first kappa shape index (κ1) is 17.5. The molecule has 0 radical (unpaired) electrons. The van der Waals surface area contributed by atoms with Gasteiger partial charge in [0.15, 0.2) is 0 Å². The Kier molecular flexibility index (Phi) is 5.39. The standard InChI is InChI=1S/C20H21ClN2O2/c1-14-7-8-16(18(21)9-14)11-22-20(25)17-10-19(24)23(13-17)12-15-5-3-2-4-6-15/h2-9,17H,10-13H2,1H3,(H,22,25). The van der Waals surface area contributed by atoms with Crippen molar-refractivity contribution in [3.05, 3.63) is 70.2 Å². The number of benzene rings is 2. The largest absolute Gasteiger partial charge is 0.352 e. The molecular weight excluding hydrogens is 336 g/mol. The quantitative estimate of drug-likeness (QED) is 0.893. The predicted octanol–water partition coefficient (Wildman–Crippen LogP) is 3.31. The van der Waals surface area contributed by atoms with Gasteiger partial charge in [-0.2, -0.15) is 0 Å². The zero-order chi connectivity index (χ0) is 17.8. The minimum atomic E-state index is -0.305. The van der Waals surface area contributed by atoms with Crippen LogP contribution in [-0.2, 0) is 22.7 Å². The van der Waals surface area contributed by atoms with E-state index in [1.165, 1.54) is 0 Å². The van der Waals surface area contributed by atoms with Gasteiger partial charge in [0.1, 0.15) is 0 Å². The van der Waals surface area contributed by atoms with Crippen molar-refractivity contribution < 1.29 is 9.59 Å². The number of hydrogen-bond donors (Lipinski definition) is 1. The van der Waals surface area contributed by atoms with Crippen LogP contribution < -0.4 is 5.32 Å². The fraction of sp³-hybridized carbons (Fsp3) is 0.300. The Morgan fingerprint density at radius 2 is 2.00 bits per heavy atom. The van der Waals surface area contributed by atoms with Crippen LogP contribution in [0.2, 0.25) is 5.02 Å². The van der Waals surface area contributed by atoms with Crippen LogP contribution in [-0.4, -0.2) is 23.3 Å². The van der Waals surface area contributed by atoms with E-state index in [1.807, 2.05) is 55.5 Å². The van der Waals surface area contributed by atoms with Gasteiger partial charge < -0.3 is 10.2 Å². The van der Waals surface area contributed by atoms with E-state index in [1.54, 1.807) is 4.90 Å². The Balaban J connectivity index is 1.55. The van der Waals surface area contributed by atoms with Gasteiger partial charge >= 0.3 is 0 Å². The summed E-state index contributed by atoms with van der Waals surface area (Å²) < 4.78 is 0. The van der Waals surface area contributed by atoms with Gasteiger partial charge in [-0.05, 0) is 29.7 Å². The van der Waals surface area contributed by atoms with Gasteiger partial charge in [-0.1, -0.05) is 54.1 Å². The van der Waals surface area contributed by atoms with Crippen LogP contribution in [0.3, 0.4) is 0 Å². The van der Waals surface area contributed by atoms with Crippen LogP contribution in [0.5, 0.6) is 0 Å². The maximum absolute atomic E-state index is 12.4. The van der Waals surface area contributed by atoms with Crippen LogP contribution in [0.15, 0.2) is 48.5 Å². The second-order valence-corrected chi connectivity index (χ2v) is 6.88. The van der Waals surface area contributed by atoms with Gasteiger partial charge in [0.25, 0.3) is 0 Å². The molecule has 130 valence electrons. The monoisotopic (exact) mass is 356 g/mol. The average molecular weight is 357 g/mol. The van der Waals surface area contributed by atoms with E-state index in [-0.39, 0.29) is 24.2 Å². The van der Waals surface area contributed by atoms with Crippen LogP contribution in [0.4, 0.5) is 0 Å². The molecule has 2 aromatic rings. The maximum atomic E-state index is 12.4. The molecule has 25 heavy (non-hydrogen) atoms. The van der Waals surface area contributed by atoms with E-state index in [4.69, 9.17) is 11.6 Å². The number of aryl methyl sites for hydroxylation is 1. The third-order valence-electron chi connectivity index (χ3n) is 4.46. The molecule has 2 aromatic carbocycles. The first-order chi connectivity index (χ1) is 12.0. The van der Waals surface area contributed by atoms with Crippen molar-refractivity contribution >= 4 is 23.4 Å². The van der Waals surface area contributed by atoms with E-state index in [0.717, 1.165) is 16.7 Å². The number of nitrogens with zero attached hydrogens (tertiary/aromatic N) is 1. The minimum absolute atomic E-state index is 0.0253.